The average Bonchev–Trinajstić information content (AvgIpc) is 3.39. The summed E-state index contributed by atoms with van der Waals surface area (Å²) in [5, 5.41) is 3.84. The first kappa shape index (κ1) is 25.1. The lowest BCUT2D eigenvalue weighted by atomic mass is 9.96. The monoisotopic (exact) mass is 506 g/mol. The Bertz CT molecular complexity index is 1620. The van der Waals surface area contributed by atoms with Gasteiger partial charge in [-0.1, -0.05) is 97.4 Å². The van der Waals surface area contributed by atoms with Crippen LogP contribution in [-0.2, 0) is 25.7 Å². The minimum atomic E-state index is -0.589. The Morgan fingerprint density at radius 2 is 1.50 bits per heavy atom. The van der Waals surface area contributed by atoms with Crippen LogP contribution in [0.5, 0.6) is 0 Å². The molecule has 38 heavy (non-hydrogen) atoms. The third-order valence-corrected chi connectivity index (χ3v) is 6.68. The molecule has 0 atom stereocenters. The zero-order chi connectivity index (χ0) is 26.3. The van der Waals surface area contributed by atoms with Crippen molar-refractivity contribution in [3.05, 3.63) is 128 Å². The number of benzene rings is 3. The summed E-state index contributed by atoms with van der Waals surface area (Å²) >= 11 is 0. The highest BCUT2D eigenvalue weighted by Crippen LogP contribution is 2.30. The van der Waals surface area contributed by atoms with Gasteiger partial charge in [0.2, 0.25) is 0 Å². The molecule has 5 rings (SSSR count). The van der Waals surface area contributed by atoms with Crippen molar-refractivity contribution in [3.63, 3.8) is 0 Å². The summed E-state index contributed by atoms with van der Waals surface area (Å²) in [6, 6.07) is 26.1. The standard InChI is InChI=1S/C31H30N4O3/c1-2-3-13-27-26(30(36)33-28(32-27)19-16-21-9-5-4-6-10-21)20-22-14-17-23(18-15-22)24-11-7-8-12-25(24)29-34-31(37)38-35-29/h4-12,14-15,17-18H,2-3,13,16,19-20H2,1H3,(H,32,33,36)(H,34,35,37). The highest BCUT2D eigenvalue weighted by Gasteiger charge is 2.14. The van der Waals surface area contributed by atoms with Crippen LogP contribution < -0.4 is 11.3 Å². The minimum absolute atomic E-state index is 0.0569. The lowest BCUT2D eigenvalue weighted by Gasteiger charge is -2.12. The molecule has 0 bridgehead atoms. The Kier molecular flexibility index (Phi) is 7.73. The van der Waals surface area contributed by atoms with Gasteiger partial charge in [-0.15, -0.1) is 0 Å². The lowest BCUT2D eigenvalue weighted by Crippen LogP contribution is -2.21. The van der Waals surface area contributed by atoms with E-state index in [0.29, 0.717) is 18.7 Å². The number of unbranched alkanes of at least 4 members (excludes halogenated alkanes) is 1. The fraction of sp³-hybridized carbons (Fsp3) is 0.226. The summed E-state index contributed by atoms with van der Waals surface area (Å²) in [6.07, 6.45) is 4.86. The summed E-state index contributed by atoms with van der Waals surface area (Å²) in [5.41, 5.74) is 6.50. The van der Waals surface area contributed by atoms with Crippen LogP contribution in [0.3, 0.4) is 0 Å². The van der Waals surface area contributed by atoms with Crippen LogP contribution in [0.15, 0.2) is 93.0 Å². The molecule has 2 aromatic heterocycles. The van der Waals surface area contributed by atoms with E-state index in [9.17, 15) is 9.59 Å². The van der Waals surface area contributed by atoms with Crippen LogP contribution in [0.4, 0.5) is 0 Å². The van der Waals surface area contributed by atoms with Gasteiger partial charge in [0, 0.05) is 24.0 Å². The summed E-state index contributed by atoms with van der Waals surface area (Å²) < 4.78 is 4.69. The van der Waals surface area contributed by atoms with Crippen molar-refractivity contribution in [2.24, 2.45) is 0 Å². The van der Waals surface area contributed by atoms with Crippen molar-refractivity contribution < 1.29 is 4.52 Å². The van der Waals surface area contributed by atoms with Crippen molar-refractivity contribution in [1.82, 2.24) is 20.1 Å². The van der Waals surface area contributed by atoms with E-state index in [1.807, 2.05) is 66.7 Å². The highest BCUT2D eigenvalue weighted by molar-refractivity contribution is 5.80. The second kappa shape index (κ2) is 11.7. The predicted octanol–water partition coefficient (Wildman–Crippen LogP) is 5.50. The summed E-state index contributed by atoms with van der Waals surface area (Å²) in [4.78, 5) is 35.2. The van der Waals surface area contributed by atoms with Crippen LogP contribution in [0.2, 0.25) is 0 Å². The van der Waals surface area contributed by atoms with Crippen LogP contribution in [0.25, 0.3) is 22.5 Å². The van der Waals surface area contributed by atoms with Gasteiger partial charge in [0.25, 0.3) is 5.56 Å². The van der Waals surface area contributed by atoms with E-state index < -0.39 is 5.76 Å². The normalized spacial score (nSPS) is 11.1. The third kappa shape index (κ3) is 5.89. The molecule has 192 valence electrons. The number of H-pyrrole nitrogens is 2. The fourth-order valence-corrected chi connectivity index (χ4v) is 4.65. The maximum absolute atomic E-state index is 13.2. The number of hydrogen-bond donors (Lipinski definition) is 2. The molecule has 0 aliphatic heterocycles. The maximum atomic E-state index is 13.2. The number of nitrogens with one attached hydrogen (secondary N) is 2. The molecule has 0 saturated carbocycles. The van der Waals surface area contributed by atoms with Crippen molar-refractivity contribution >= 4 is 0 Å². The Morgan fingerprint density at radius 1 is 0.763 bits per heavy atom. The Labute approximate surface area is 220 Å². The molecule has 2 N–H and O–H groups in total. The molecular formula is C31H30N4O3. The zero-order valence-electron chi connectivity index (χ0n) is 21.4. The van der Waals surface area contributed by atoms with Gasteiger partial charge in [0.1, 0.15) is 5.82 Å². The number of aromatic amines is 2. The van der Waals surface area contributed by atoms with Crippen molar-refractivity contribution in [2.75, 3.05) is 0 Å². The molecule has 0 aliphatic carbocycles. The second-order valence-corrected chi connectivity index (χ2v) is 9.39. The van der Waals surface area contributed by atoms with Crippen molar-refractivity contribution in [2.45, 2.75) is 45.4 Å². The van der Waals surface area contributed by atoms with Gasteiger partial charge in [-0.25, -0.2) is 9.78 Å². The second-order valence-electron chi connectivity index (χ2n) is 9.39. The SMILES string of the molecule is CCCCc1nc(CCc2ccccc2)[nH]c(=O)c1Cc1ccc(-c2ccccc2-c2noc(=O)[nH]2)cc1. The molecule has 2 heterocycles. The summed E-state index contributed by atoms with van der Waals surface area (Å²) in [5.74, 6) is 0.542. The molecule has 0 aliphatic rings. The minimum Gasteiger partial charge on any atom is -0.310 e. The molecule has 0 fully saturated rings. The van der Waals surface area contributed by atoms with Gasteiger partial charge < -0.3 is 4.98 Å². The molecule has 3 aromatic carbocycles. The molecule has 7 nitrogen and oxygen atoms in total. The summed E-state index contributed by atoms with van der Waals surface area (Å²) in [6.45, 7) is 2.15. The van der Waals surface area contributed by atoms with Gasteiger partial charge in [0.15, 0.2) is 5.82 Å². The van der Waals surface area contributed by atoms with Gasteiger partial charge in [0.05, 0.1) is 5.69 Å². The molecule has 0 spiro atoms. The highest BCUT2D eigenvalue weighted by atomic mass is 16.5. The number of rotatable bonds is 10. The van der Waals surface area contributed by atoms with E-state index in [-0.39, 0.29) is 5.56 Å². The van der Waals surface area contributed by atoms with E-state index >= 15 is 0 Å². The van der Waals surface area contributed by atoms with Gasteiger partial charge in [-0.05, 0) is 41.5 Å². The first-order valence-electron chi connectivity index (χ1n) is 13.0. The fourth-order valence-electron chi connectivity index (χ4n) is 4.65. The van der Waals surface area contributed by atoms with Crippen LogP contribution in [0.1, 0.15) is 48.0 Å². The van der Waals surface area contributed by atoms with Crippen molar-refractivity contribution in [3.8, 4) is 22.5 Å². The Hall–Kier alpha value is -4.52. The molecule has 0 radical (unpaired) electrons. The topological polar surface area (TPSA) is 105 Å². The lowest BCUT2D eigenvalue weighted by molar-refractivity contribution is 0.388. The van der Waals surface area contributed by atoms with Crippen molar-refractivity contribution in [1.29, 1.82) is 0 Å². The quantitative estimate of drug-likeness (QED) is 0.260. The largest absolute Gasteiger partial charge is 0.439 e. The van der Waals surface area contributed by atoms with Gasteiger partial charge in [-0.2, -0.15) is 0 Å². The van der Waals surface area contributed by atoms with Crippen LogP contribution in [0, 0.1) is 0 Å². The molecule has 5 aromatic rings. The van der Waals surface area contributed by atoms with Crippen LogP contribution >= 0.6 is 0 Å². The number of aryl methyl sites for hydroxylation is 3. The van der Waals surface area contributed by atoms with E-state index in [1.54, 1.807) is 0 Å². The number of nitrogens with zero attached hydrogens (tertiary/aromatic N) is 2. The first-order chi connectivity index (χ1) is 18.6. The number of hydrogen-bond acceptors (Lipinski definition) is 5. The van der Waals surface area contributed by atoms with E-state index in [2.05, 4.69) is 34.2 Å². The van der Waals surface area contributed by atoms with E-state index in [1.165, 1.54) is 5.56 Å². The van der Waals surface area contributed by atoms with E-state index in [0.717, 1.165) is 65.0 Å². The molecule has 0 amide bonds. The van der Waals surface area contributed by atoms with Gasteiger partial charge in [-0.3, -0.25) is 14.3 Å². The molecule has 7 heteroatoms. The maximum Gasteiger partial charge on any atom is 0.439 e. The first-order valence-corrected chi connectivity index (χ1v) is 13.0. The zero-order valence-corrected chi connectivity index (χ0v) is 21.4. The molecule has 0 unspecified atom stereocenters. The molecular weight excluding hydrogens is 476 g/mol. The molecule has 0 saturated heterocycles. The smallest absolute Gasteiger partial charge is 0.310 e. The summed E-state index contributed by atoms with van der Waals surface area (Å²) in [7, 11) is 0. The Balaban J connectivity index is 1.38. The predicted molar refractivity (Wildman–Crippen MR) is 148 cm³/mol. The Morgan fingerprint density at radius 3 is 2.21 bits per heavy atom. The van der Waals surface area contributed by atoms with Crippen LogP contribution in [-0.4, -0.2) is 20.1 Å². The van der Waals surface area contributed by atoms with E-state index in [4.69, 9.17) is 9.51 Å². The number of aromatic nitrogens is 4. The van der Waals surface area contributed by atoms with Gasteiger partial charge >= 0.3 is 5.76 Å². The third-order valence-electron chi connectivity index (χ3n) is 6.68. The average molecular weight is 507 g/mol.